The number of rotatable bonds is 4. The smallest absolute Gasteiger partial charge is 0.0404 e. The van der Waals surface area contributed by atoms with Crippen LogP contribution in [0.5, 0.6) is 0 Å². The number of aromatic nitrogens is 1. The van der Waals surface area contributed by atoms with E-state index in [0.29, 0.717) is 12.0 Å². The second kappa shape index (κ2) is 5.41. The molecule has 2 heterocycles. The van der Waals surface area contributed by atoms with Gasteiger partial charge in [-0.25, -0.2) is 0 Å². The van der Waals surface area contributed by atoms with Crippen LogP contribution in [0, 0.1) is 5.92 Å². The van der Waals surface area contributed by atoms with Crippen molar-refractivity contribution >= 4 is 0 Å². The zero-order valence-electron chi connectivity index (χ0n) is 9.97. The molecule has 0 spiro atoms. The Morgan fingerprint density at radius 3 is 3.06 bits per heavy atom. The maximum atomic E-state index is 5.87. The van der Waals surface area contributed by atoms with Gasteiger partial charge in [0, 0.05) is 18.4 Å². The van der Waals surface area contributed by atoms with E-state index in [0.717, 1.165) is 13.1 Å². The van der Waals surface area contributed by atoms with Gasteiger partial charge in [-0.15, -0.1) is 0 Å². The minimum Gasteiger partial charge on any atom is -0.330 e. The van der Waals surface area contributed by atoms with E-state index in [1.54, 1.807) is 0 Å². The molecule has 0 saturated carbocycles. The van der Waals surface area contributed by atoms with Gasteiger partial charge in [-0.1, -0.05) is 13.0 Å². The van der Waals surface area contributed by atoms with Gasteiger partial charge in [-0.3, -0.25) is 9.88 Å². The SMILES string of the molecule is CCCN1CCC(CN)C1c1cccnc1. The van der Waals surface area contributed by atoms with Crippen molar-refractivity contribution < 1.29 is 0 Å². The molecule has 3 heteroatoms. The maximum absolute atomic E-state index is 5.87. The molecule has 1 saturated heterocycles. The lowest BCUT2D eigenvalue weighted by molar-refractivity contribution is 0.230. The Labute approximate surface area is 97.7 Å². The van der Waals surface area contributed by atoms with Crippen molar-refractivity contribution in [1.82, 2.24) is 9.88 Å². The van der Waals surface area contributed by atoms with Crippen molar-refractivity contribution in [2.75, 3.05) is 19.6 Å². The highest BCUT2D eigenvalue weighted by Crippen LogP contribution is 2.36. The monoisotopic (exact) mass is 219 g/mol. The molecular formula is C13H21N3. The van der Waals surface area contributed by atoms with Gasteiger partial charge in [0.1, 0.15) is 0 Å². The lowest BCUT2D eigenvalue weighted by atomic mass is 9.95. The third kappa shape index (κ3) is 2.25. The molecule has 2 rings (SSSR count). The van der Waals surface area contributed by atoms with Crippen molar-refractivity contribution in [2.24, 2.45) is 11.7 Å². The third-order valence-corrected chi connectivity index (χ3v) is 3.47. The molecule has 0 aromatic carbocycles. The Morgan fingerprint density at radius 1 is 1.56 bits per heavy atom. The summed E-state index contributed by atoms with van der Waals surface area (Å²) in [5, 5.41) is 0. The van der Waals surface area contributed by atoms with Crippen molar-refractivity contribution in [2.45, 2.75) is 25.8 Å². The van der Waals surface area contributed by atoms with E-state index < -0.39 is 0 Å². The van der Waals surface area contributed by atoms with Crippen molar-refractivity contribution in [3.05, 3.63) is 30.1 Å². The molecule has 1 aliphatic heterocycles. The fourth-order valence-electron chi connectivity index (χ4n) is 2.75. The van der Waals surface area contributed by atoms with E-state index in [4.69, 9.17) is 5.73 Å². The molecule has 1 fully saturated rings. The summed E-state index contributed by atoms with van der Waals surface area (Å²) in [6.07, 6.45) is 6.24. The summed E-state index contributed by atoms with van der Waals surface area (Å²) in [5.74, 6) is 0.593. The number of nitrogens with zero attached hydrogens (tertiary/aromatic N) is 2. The summed E-state index contributed by atoms with van der Waals surface area (Å²) in [5.41, 5.74) is 7.20. The topological polar surface area (TPSA) is 42.1 Å². The molecule has 16 heavy (non-hydrogen) atoms. The van der Waals surface area contributed by atoms with Gasteiger partial charge in [0.15, 0.2) is 0 Å². The number of hydrogen-bond acceptors (Lipinski definition) is 3. The number of likely N-dealkylation sites (tertiary alicyclic amines) is 1. The van der Waals surface area contributed by atoms with E-state index >= 15 is 0 Å². The summed E-state index contributed by atoms with van der Waals surface area (Å²) >= 11 is 0. The van der Waals surface area contributed by atoms with Gasteiger partial charge < -0.3 is 5.73 Å². The largest absolute Gasteiger partial charge is 0.330 e. The molecule has 0 amide bonds. The molecule has 3 nitrogen and oxygen atoms in total. The van der Waals surface area contributed by atoms with Crippen molar-refractivity contribution in [1.29, 1.82) is 0 Å². The van der Waals surface area contributed by atoms with Crippen LogP contribution < -0.4 is 5.73 Å². The third-order valence-electron chi connectivity index (χ3n) is 3.47. The quantitative estimate of drug-likeness (QED) is 0.840. The highest BCUT2D eigenvalue weighted by molar-refractivity contribution is 5.17. The first-order chi connectivity index (χ1) is 7.86. The van der Waals surface area contributed by atoms with Crippen molar-refractivity contribution in [3.63, 3.8) is 0 Å². The highest BCUT2D eigenvalue weighted by atomic mass is 15.2. The van der Waals surface area contributed by atoms with Gasteiger partial charge in [-0.2, -0.15) is 0 Å². The van der Waals surface area contributed by atoms with Crippen LogP contribution >= 0.6 is 0 Å². The summed E-state index contributed by atoms with van der Waals surface area (Å²) in [4.78, 5) is 6.78. The van der Waals surface area contributed by atoms with Gasteiger partial charge >= 0.3 is 0 Å². The molecule has 2 N–H and O–H groups in total. The number of nitrogens with two attached hydrogens (primary N) is 1. The zero-order chi connectivity index (χ0) is 11.4. The predicted octanol–water partition coefficient (Wildman–Crippen LogP) is 1.81. The standard InChI is InChI=1S/C13H21N3/c1-2-7-16-8-5-11(9-14)13(16)12-4-3-6-15-10-12/h3-4,6,10-11,13H,2,5,7-9,14H2,1H3. The van der Waals surface area contributed by atoms with E-state index in [1.165, 1.54) is 24.9 Å². The Bertz CT molecular complexity index is 312. The predicted molar refractivity (Wildman–Crippen MR) is 66.0 cm³/mol. The Hall–Kier alpha value is -0.930. The summed E-state index contributed by atoms with van der Waals surface area (Å²) in [7, 11) is 0. The maximum Gasteiger partial charge on any atom is 0.0404 e. The average molecular weight is 219 g/mol. The second-order valence-electron chi connectivity index (χ2n) is 4.55. The average Bonchev–Trinajstić information content (AvgIpc) is 2.74. The molecule has 2 atom stereocenters. The van der Waals surface area contributed by atoms with Crippen LogP contribution in [0.25, 0.3) is 0 Å². The van der Waals surface area contributed by atoms with Crippen LogP contribution in [0.3, 0.4) is 0 Å². The van der Waals surface area contributed by atoms with E-state index in [2.05, 4.69) is 22.9 Å². The second-order valence-corrected chi connectivity index (χ2v) is 4.55. The lowest BCUT2D eigenvalue weighted by Crippen LogP contribution is -2.28. The normalized spacial score (nSPS) is 26.1. The molecule has 1 aromatic heterocycles. The van der Waals surface area contributed by atoms with Crippen LogP contribution in [-0.4, -0.2) is 29.5 Å². The van der Waals surface area contributed by atoms with Crippen LogP contribution in [0.15, 0.2) is 24.5 Å². The van der Waals surface area contributed by atoms with Gasteiger partial charge in [-0.05, 0) is 50.0 Å². The van der Waals surface area contributed by atoms with E-state index in [-0.39, 0.29) is 0 Å². The minimum absolute atomic E-state index is 0.485. The van der Waals surface area contributed by atoms with Gasteiger partial charge in [0.05, 0.1) is 0 Å². The molecule has 88 valence electrons. The minimum atomic E-state index is 0.485. The van der Waals surface area contributed by atoms with Crippen LogP contribution in [0.1, 0.15) is 31.4 Å². The van der Waals surface area contributed by atoms with Crippen molar-refractivity contribution in [3.8, 4) is 0 Å². The molecule has 1 aromatic rings. The van der Waals surface area contributed by atoms with Crippen LogP contribution in [0.4, 0.5) is 0 Å². The summed E-state index contributed by atoms with van der Waals surface area (Å²) < 4.78 is 0. The van der Waals surface area contributed by atoms with Crippen LogP contribution in [0.2, 0.25) is 0 Å². The highest BCUT2D eigenvalue weighted by Gasteiger charge is 2.33. The number of pyridine rings is 1. The fraction of sp³-hybridized carbons (Fsp3) is 0.615. The van der Waals surface area contributed by atoms with E-state index in [9.17, 15) is 0 Å². The Balaban J connectivity index is 2.19. The van der Waals surface area contributed by atoms with Crippen LogP contribution in [-0.2, 0) is 0 Å². The first-order valence-corrected chi connectivity index (χ1v) is 6.20. The van der Waals surface area contributed by atoms with Gasteiger partial charge in [0.2, 0.25) is 0 Å². The number of hydrogen-bond donors (Lipinski definition) is 1. The van der Waals surface area contributed by atoms with E-state index in [1.807, 2.05) is 18.5 Å². The first kappa shape index (κ1) is 11.6. The summed E-state index contributed by atoms with van der Waals surface area (Å²) in [6.45, 7) is 5.35. The molecule has 2 unspecified atom stereocenters. The fourth-order valence-corrected chi connectivity index (χ4v) is 2.75. The Kier molecular flexibility index (Phi) is 3.91. The molecule has 0 bridgehead atoms. The molecule has 0 radical (unpaired) electrons. The molecular weight excluding hydrogens is 198 g/mol. The zero-order valence-corrected chi connectivity index (χ0v) is 9.97. The lowest BCUT2D eigenvalue weighted by Gasteiger charge is -2.27. The molecule has 1 aliphatic rings. The molecule has 0 aliphatic carbocycles. The summed E-state index contributed by atoms with van der Waals surface area (Å²) in [6, 6.07) is 4.68. The Morgan fingerprint density at radius 2 is 2.44 bits per heavy atom. The van der Waals surface area contributed by atoms with Gasteiger partial charge in [0.25, 0.3) is 0 Å². The first-order valence-electron chi connectivity index (χ1n) is 6.20.